The lowest BCUT2D eigenvalue weighted by Gasteiger charge is -2.12. The van der Waals surface area contributed by atoms with Crippen LogP contribution in [0.15, 0.2) is 89.8 Å². The fourth-order valence-electron chi connectivity index (χ4n) is 2.81. The predicted octanol–water partition coefficient (Wildman–Crippen LogP) is 3.58. The van der Waals surface area contributed by atoms with Gasteiger partial charge in [-0.2, -0.15) is 0 Å². The van der Waals surface area contributed by atoms with Crippen LogP contribution in [0.1, 0.15) is 17.5 Å². The highest BCUT2D eigenvalue weighted by Gasteiger charge is 2.14. The van der Waals surface area contributed by atoms with Gasteiger partial charge in [0, 0.05) is 18.7 Å². The Morgan fingerprint density at radius 2 is 1.39 bits per heavy atom. The maximum atomic E-state index is 12.3. The van der Waals surface area contributed by atoms with Gasteiger partial charge in [0.2, 0.25) is 15.9 Å². The first-order chi connectivity index (χ1) is 13.5. The molecule has 0 unspecified atom stereocenters. The minimum absolute atomic E-state index is 0.0317. The van der Waals surface area contributed by atoms with Crippen molar-refractivity contribution in [1.82, 2.24) is 4.72 Å². The summed E-state index contributed by atoms with van der Waals surface area (Å²) in [6.45, 7) is 0.0317. The molecule has 3 aromatic carbocycles. The zero-order valence-corrected chi connectivity index (χ0v) is 16.2. The maximum Gasteiger partial charge on any atom is 0.240 e. The summed E-state index contributed by atoms with van der Waals surface area (Å²) in [5, 5.41) is 2.88. The SMILES string of the molecule is O=C(CCNS(=O)(=O)c1ccccc1)Nc1ccccc1Cc1ccccc1. The number of sulfonamides is 1. The summed E-state index contributed by atoms with van der Waals surface area (Å²) in [7, 11) is -3.61. The number of carbonyl (C=O) groups is 1. The molecule has 0 aromatic heterocycles. The second-order valence-electron chi connectivity index (χ2n) is 6.33. The molecule has 0 aliphatic heterocycles. The molecule has 0 radical (unpaired) electrons. The molecule has 0 atom stereocenters. The molecule has 3 rings (SSSR count). The van der Waals surface area contributed by atoms with E-state index >= 15 is 0 Å². The number of hydrogen-bond acceptors (Lipinski definition) is 3. The van der Waals surface area contributed by atoms with Crippen LogP contribution in [0, 0.1) is 0 Å². The first kappa shape index (κ1) is 19.8. The summed E-state index contributed by atoms with van der Waals surface area (Å²) in [6, 6.07) is 25.7. The van der Waals surface area contributed by atoms with Gasteiger partial charge in [0.15, 0.2) is 0 Å². The molecule has 28 heavy (non-hydrogen) atoms. The zero-order valence-electron chi connectivity index (χ0n) is 15.3. The van der Waals surface area contributed by atoms with Crippen molar-refractivity contribution in [2.75, 3.05) is 11.9 Å². The molecule has 2 N–H and O–H groups in total. The molecular formula is C22H22N2O3S. The summed E-state index contributed by atoms with van der Waals surface area (Å²) in [5.74, 6) is -0.240. The number of anilines is 1. The predicted molar refractivity (Wildman–Crippen MR) is 111 cm³/mol. The number of hydrogen-bond donors (Lipinski definition) is 2. The van der Waals surface area contributed by atoms with Gasteiger partial charge in [-0.3, -0.25) is 4.79 Å². The number of benzene rings is 3. The minimum atomic E-state index is -3.61. The average molecular weight is 394 g/mol. The number of amides is 1. The second kappa shape index (κ2) is 9.30. The quantitative estimate of drug-likeness (QED) is 0.613. The summed E-state index contributed by atoms with van der Waals surface area (Å²) < 4.78 is 26.8. The lowest BCUT2D eigenvalue weighted by Crippen LogP contribution is -2.28. The number of rotatable bonds is 8. The van der Waals surface area contributed by atoms with Crippen molar-refractivity contribution >= 4 is 21.6 Å². The van der Waals surface area contributed by atoms with Crippen molar-refractivity contribution in [2.24, 2.45) is 0 Å². The Morgan fingerprint density at radius 3 is 2.11 bits per heavy atom. The summed E-state index contributed by atoms with van der Waals surface area (Å²) >= 11 is 0. The Kier molecular flexibility index (Phi) is 6.57. The Hall–Kier alpha value is -2.96. The molecule has 0 saturated carbocycles. The van der Waals surface area contributed by atoms with E-state index in [-0.39, 0.29) is 23.8 Å². The third kappa shape index (κ3) is 5.52. The van der Waals surface area contributed by atoms with E-state index in [9.17, 15) is 13.2 Å². The van der Waals surface area contributed by atoms with E-state index in [1.807, 2.05) is 54.6 Å². The van der Waals surface area contributed by atoms with Gasteiger partial charge in [-0.1, -0.05) is 66.7 Å². The van der Waals surface area contributed by atoms with Crippen LogP contribution in [0.3, 0.4) is 0 Å². The molecular weight excluding hydrogens is 372 g/mol. The van der Waals surface area contributed by atoms with Crippen LogP contribution in [0.2, 0.25) is 0 Å². The smallest absolute Gasteiger partial charge is 0.240 e. The molecule has 0 fully saturated rings. The van der Waals surface area contributed by atoms with E-state index < -0.39 is 10.0 Å². The third-order valence-corrected chi connectivity index (χ3v) is 5.70. The van der Waals surface area contributed by atoms with Crippen LogP contribution in [0.5, 0.6) is 0 Å². The molecule has 5 nitrogen and oxygen atoms in total. The maximum absolute atomic E-state index is 12.3. The molecule has 0 aliphatic rings. The van der Waals surface area contributed by atoms with Gasteiger partial charge in [0.25, 0.3) is 0 Å². The first-order valence-electron chi connectivity index (χ1n) is 9.01. The van der Waals surface area contributed by atoms with Crippen LogP contribution in [-0.2, 0) is 21.2 Å². The number of carbonyl (C=O) groups excluding carboxylic acids is 1. The van der Waals surface area contributed by atoms with E-state index in [2.05, 4.69) is 10.0 Å². The Morgan fingerprint density at radius 1 is 0.786 bits per heavy atom. The van der Waals surface area contributed by atoms with Crippen LogP contribution in [0.25, 0.3) is 0 Å². The minimum Gasteiger partial charge on any atom is -0.326 e. The zero-order chi connectivity index (χ0) is 19.8. The summed E-state index contributed by atoms with van der Waals surface area (Å²) in [6.07, 6.45) is 0.754. The Bertz CT molecular complexity index is 1020. The fourth-order valence-corrected chi connectivity index (χ4v) is 3.86. The highest BCUT2D eigenvalue weighted by atomic mass is 32.2. The average Bonchev–Trinajstić information content (AvgIpc) is 2.71. The molecule has 3 aromatic rings. The van der Waals surface area contributed by atoms with E-state index in [1.165, 1.54) is 12.1 Å². The fraction of sp³-hybridized carbons (Fsp3) is 0.136. The molecule has 6 heteroatoms. The molecule has 0 bridgehead atoms. The van der Waals surface area contributed by atoms with Gasteiger partial charge in [0.1, 0.15) is 0 Å². The Balaban J connectivity index is 1.57. The second-order valence-corrected chi connectivity index (χ2v) is 8.10. The summed E-state index contributed by atoms with van der Waals surface area (Å²) in [4.78, 5) is 12.5. The molecule has 0 aliphatic carbocycles. The van der Waals surface area contributed by atoms with Crippen molar-refractivity contribution in [3.8, 4) is 0 Å². The van der Waals surface area contributed by atoms with Crippen molar-refractivity contribution in [1.29, 1.82) is 0 Å². The molecule has 0 spiro atoms. The standard InChI is InChI=1S/C22H22N2O3S/c25-22(15-16-23-28(26,27)20-12-5-2-6-13-20)24-21-14-8-7-11-19(21)17-18-9-3-1-4-10-18/h1-14,23H,15-17H2,(H,24,25). The molecule has 1 amide bonds. The largest absolute Gasteiger partial charge is 0.326 e. The first-order valence-corrected chi connectivity index (χ1v) is 10.5. The monoisotopic (exact) mass is 394 g/mol. The van der Waals surface area contributed by atoms with Crippen molar-refractivity contribution in [2.45, 2.75) is 17.7 Å². The van der Waals surface area contributed by atoms with Crippen molar-refractivity contribution in [3.63, 3.8) is 0 Å². The van der Waals surface area contributed by atoms with E-state index in [4.69, 9.17) is 0 Å². The topological polar surface area (TPSA) is 75.3 Å². The Labute approximate surface area is 165 Å². The van der Waals surface area contributed by atoms with E-state index in [0.717, 1.165) is 16.8 Å². The third-order valence-electron chi connectivity index (χ3n) is 4.23. The molecule has 144 valence electrons. The lowest BCUT2D eigenvalue weighted by molar-refractivity contribution is -0.116. The summed E-state index contributed by atoms with van der Waals surface area (Å²) in [5.41, 5.74) is 2.90. The van der Waals surface area contributed by atoms with Crippen molar-refractivity contribution < 1.29 is 13.2 Å². The van der Waals surface area contributed by atoms with E-state index in [1.54, 1.807) is 18.2 Å². The van der Waals surface area contributed by atoms with Gasteiger partial charge >= 0.3 is 0 Å². The van der Waals surface area contributed by atoms with Crippen LogP contribution < -0.4 is 10.0 Å². The van der Waals surface area contributed by atoms with Crippen LogP contribution in [0.4, 0.5) is 5.69 Å². The molecule has 0 heterocycles. The van der Waals surface area contributed by atoms with Gasteiger partial charge in [-0.25, -0.2) is 13.1 Å². The lowest BCUT2D eigenvalue weighted by atomic mass is 10.0. The van der Waals surface area contributed by atoms with Gasteiger partial charge in [0.05, 0.1) is 4.90 Å². The highest BCUT2D eigenvalue weighted by molar-refractivity contribution is 7.89. The highest BCUT2D eigenvalue weighted by Crippen LogP contribution is 2.19. The van der Waals surface area contributed by atoms with Gasteiger partial charge in [-0.05, 0) is 35.7 Å². The number of para-hydroxylation sites is 1. The van der Waals surface area contributed by atoms with Crippen molar-refractivity contribution in [3.05, 3.63) is 96.1 Å². The number of nitrogens with one attached hydrogen (secondary N) is 2. The normalized spacial score (nSPS) is 11.1. The van der Waals surface area contributed by atoms with Gasteiger partial charge in [-0.15, -0.1) is 0 Å². The van der Waals surface area contributed by atoms with Crippen LogP contribution >= 0.6 is 0 Å². The molecule has 0 saturated heterocycles. The van der Waals surface area contributed by atoms with E-state index in [0.29, 0.717) is 6.42 Å². The van der Waals surface area contributed by atoms with Gasteiger partial charge < -0.3 is 5.32 Å². The van der Waals surface area contributed by atoms with Crippen LogP contribution in [-0.4, -0.2) is 20.9 Å².